The molecule has 0 aromatic carbocycles. The third kappa shape index (κ3) is 2.81. The van der Waals surface area contributed by atoms with Crippen molar-refractivity contribution in [1.82, 2.24) is 9.97 Å². The van der Waals surface area contributed by atoms with Crippen LogP contribution in [0.2, 0.25) is 0 Å². The van der Waals surface area contributed by atoms with Crippen molar-refractivity contribution < 1.29 is 4.74 Å². The molecule has 0 aliphatic heterocycles. The maximum atomic E-state index is 6.08. The van der Waals surface area contributed by atoms with Crippen LogP contribution in [0.25, 0.3) is 10.2 Å². The summed E-state index contributed by atoms with van der Waals surface area (Å²) in [5.41, 5.74) is 0. The van der Waals surface area contributed by atoms with Gasteiger partial charge in [0.15, 0.2) is 0 Å². The van der Waals surface area contributed by atoms with E-state index in [1.165, 1.54) is 12.8 Å². The number of hydrogen-bond donors (Lipinski definition) is 1. The first-order chi connectivity index (χ1) is 9.36. The van der Waals surface area contributed by atoms with Crippen LogP contribution in [0.3, 0.4) is 0 Å². The summed E-state index contributed by atoms with van der Waals surface area (Å²) in [5, 5.41) is 6.33. The number of hydrogen-bond acceptors (Lipinski definition) is 5. The Balaban J connectivity index is 1.88. The standard InChI is InChI=1S/C14H19N3OS/c1-2-8-15-14-16-12(18-10-5-3-4-6-10)11-7-9-19-13(11)17-14/h7,9-10H,2-6,8H2,1H3,(H,15,16,17). The monoisotopic (exact) mass is 277 g/mol. The predicted molar refractivity (Wildman–Crippen MR) is 79.1 cm³/mol. The zero-order valence-corrected chi connectivity index (χ0v) is 12.0. The SMILES string of the molecule is CCCNc1nc(OC2CCCC2)c2ccsc2n1. The van der Waals surface area contributed by atoms with Gasteiger partial charge in [-0.1, -0.05) is 6.92 Å². The highest BCUT2D eigenvalue weighted by atomic mass is 32.1. The molecule has 102 valence electrons. The number of thiophene rings is 1. The van der Waals surface area contributed by atoms with Crippen LogP contribution in [0.5, 0.6) is 5.88 Å². The number of nitrogens with zero attached hydrogens (tertiary/aromatic N) is 2. The minimum Gasteiger partial charge on any atom is -0.474 e. The number of aromatic nitrogens is 2. The molecule has 0 spiro atoms. The summed E-state index contributed by atoms with van der Waals surface area (Å²) in [5.74, 6) is 1.43. The molecule has 1 fully saturated rings. The van der Waals surface area contributed by atoms with E-state index in [9.17, 15) is 0 Å². The Morgan fingerprint density at radius 1 is 1.37 bits per heavy atom. The quantitative estimate of drug-likeness (QED) is 0.902. The minimum atomic E-state index is 0.331. The minimum absolute atomic E-state index is 0.331. The Morgan fingerprint density at radius 3 is 3.00 bits per heavy atom. The lowest BCUT2D eigenvalue weighted by Gasteiger charge is -2.14. The first-order valence-corrected chi connectivity index (χ1v) is 7.90. The van der Waals surface area contributed by atoms with Gasteiger partial charge in [0.05, 0.1) is 5.39 Å². The summed E-state index contributed by atoms with van der Waals surface area (Å²) in [6.45, 7) is 3.02. The fraction of sp³-hybridized carbons (Fsp3) is 0.571. The molecule has 2 aromatic heterocycles. The van der Waals surface area contributed by atoms with E-state index in [0.717, 1.165) is 41.9 Å². The van der Waals surface area contributed by atoms with Gasteiger partial charge < -0.3 is 10.1 Å². The molecule has 4 nitrogen and oxygen atoms in total. The summed E-state index contributed by atoms with van der Waals surface area (Å²) < 4.78 is 6.08. The molecule has 19 heavy (non-hydrogen) atoms. The third-order valence-corrected chi connectivity index (χ3v) is 4.21. The summed E-state index contributed by atoms with van der Waals surface area (Å²) in [7, 11) is 0. The lowest BCUT2D eigenvalue weighted by Crippen LogP contribution is -2.13. The number of ether oxygens (including phenoxy) is 1. The van der Waals surface area contributed by atoms with E-state index in [1.807, 2.05) is 11.4 Å². The van der Waals surface area contributed by atoms with Gasteiger partial charge in [-0.05, 0) is 43.6 Å². The van der Waals surface area contributed by atoms with Crippen molar-refractivity contribution in [2.24, 2.45) is 0 Å². The molecular weight excluding hydrogens is 258 g/mol. The van der Waals surface area contributed by atoms with E-state index in [1.54, 1.807) is 11.3 Å². The molecule has 0 bridgehead atoms. The summed E-state index contributed by atoms with van der Waals surface area (Å²) in [6.07, 6.45) is 6.22. The number of anilines is 1. The van der Waals surface area contributed by atoms with Crippen molar-refractivity contribution in [1.29, 1.82) is 0 Å². The lowest BCUT2D eigenvalue weighted by atomic mass is 10.3. The second kappa shape index (κ2) is 5.74. The Morgan fingerprint density at radius 2 is 2.21 bits per heavy atom. The van der Waals surface area contributed by atoms with Gasteiger partial charge in [0.2, 0.25) is 11.8 Å². The second-order valence-electron chi connectivity index (χ2n) is 4.94. The molecule has 0 radical (unpaired) electrons. The van der Waals surface area contributed by atoms with E-state index in [-0.39, 0.29) is 0 Å². The number of rotatable bonds is 5. The van der Waals surface area contributed by atoms with Crippen LogP contribution >= 0.6 is 11.3 Å². The first-order valence-electron chi connectivity index (χ1n) is 7.02. The first kappa shape index (κ1) is 12.7. The van der Waals surface area contributed by atoms with Crippen LogP contribution in [0, 0.1) is 0 Å². The molecule has 1 aliphatic rings. The third-order valence-electron chi connectivity index (χ3n) is 3.40. The van der Waals surface area contributed by atoms with E-state index in [2.05, 4.69) is 22.2 Å². The average molecular weight is 277 g/mol. The van der Waals surface area contributed by atoms with Crippen LogP contribution in [0.15, 0.2) is 11.4 Å². The molecule has 1 aliphatic carbocycles. The highest BCUT2D eigenvalue weighted by Crippen LogP contribution is 2.31. The number of nitrogens with one attached hydrogen (secondary N) is 1. The van der Waals surface area contributed by atoms with Gasteiger partial charge in [0, 0.05) is 6.54 Å². The summed E-state index contributed by atoms with van der Waals surface area (Å²) in [6, 6.07) is 2.05. The maximum Gasteiger partial charge on any atom is 0.227 e. The van der Waals surface area contributed by atoms with Gasteiger partial charge in [-0.15, -0.1) is 11.3 Å². The molecule has 2 aromatic rings. The van der Waals surface area contributed by atoms with E-state index in [0.29, 0.717) is 12.1 Å². The Kier molecular flexibility index (Phi) is 3.82. The van der Waals surface area contributed by atoms with Crippen molar-refractivity contribution >= 4 is 27.5 Å². The van der Waals surface area contributed by atoms with Gasteiger partial charge in [-0.25, -0.2) is 4.98 Å². The van der Waals surface area contributed by atoms with Crippen molar-refractivity contribution in [3.8, 4) is 5.88 Å². The second-order valence-corrected chi connectivity index (χ2v) is 5.84. The summed E-state index contributed by atoms with van der Waals surface area (Å²) >= 11 is 1.64. The normalized spacial score (nSPS) is 16.1. The van der Waals surface area contributed by atoms with Gasteiger partial charge in [0.1, 0.15) is 10.9 Å². The largest absolute Gasteiger partial charge is 0.474 e. The van der Waals surface area contributed by atoms with E-state index >= 15 is 0 Å². The Hall–Kier alpha value is -1.36. The fourth-order valence-electron chi connectivity index (χ4n) is 2.40. The van der Waals surface area contributed by atoms with Crippen LogP contribution in [-0.4, -0.2) is 22.6 Å². The Bertz CT molecular complexity index is 549. The Labute approximate surface area is 117 Å². The fourth-order valence-corrected chi connectivity index (χ4v) is 3.15. The maximum absolute atomic E-state index is 6.08. The topological polar surface area (TPSA) is 47.0 Å². The molecule has 0 amide bonds. The molecule has 0 atom stereocenters. The van der Waals surface area contributed by atoms with Crippen molar-refractivity contribution in [2.45, 2.75) is 45.1 Å². The molecule has 5 heteroatoms. The van der Waals surface area contributed by atoms with E-state index in [4.69, 9.17) is 4.74 Å². The molecule has 0 unspecified atom stereocenters. The van der Waals surface area contributed by atoms with Gasteiger partial charge >= 0.3 is 0 Å². The molecular formula is C14H19N3OS. The average Bonchev–Trinajstić information content (AvgIpc) is 3.06. The van der Waals surface area contributed by atoms with Gasteiger partial charge in [0.25, 0.3) is 0 Å². The zero-order valence-electron chi connectivity index (χ0n) is 11.2. The molecule has 1 N–H and O–H groups in total. The van der Waals surface area contributed by atoms with E-state index < -0.39 is 0 Å². The van der Waals surface area contributed by atoms with Gasteiger partial charge in [-0.3, -0.25) is 0 Å². The zero-order chi connectivity index (χ0) is 13.1. The smallest absolute Gasteiger partial charge is 0.227 e. The van der Waals surface area contributed by atoms with Crippen LogP contribution in [0.1, 0.15) is 39.0 Å². The van der Waals surface area contributed by atoms with Crippen LogP contribution in [0.4, 0.5) is 5.95 Å². The van der Waals surface area contributed by atoms with Crippen LogP contribution in [-0.2, 0) is 0 Å². The molecule has 2 heterocycles. The molecule has 0 saturated heterocycles. The molecule has 1 saturated carbocycles. The molecule has 3 rings (SSSR count). The highest BCUT2D eigenvalue weighted by Gasteiger charge is 2.19. The van der Waals surface area contributed by atoms with Crippen molar-refractivity contribution in [3.05, 3.63) is 11.4 Å². The van der Waals surface area contributed by atoms with Gasteiger partial charge in [-0.2, -0.15) is 4.98 Å². The summed E-state index contributed by atoms with van der Waals surface area (Å²) in [4.78, 5) is 10.1. The lowest BCUT2D eigenvalue weighted by molar-refractivity contribution is 0.204. The van der Waals surface area contributed by atoms with Crippen molar-refractivity contribution in [2.75, 3.05) is 11.9 Å². The highest BCUT2D eigenvalue weighted by molar-refractivity contribution is 7.16. The van der Waals surface area contributed by atoms with Crippen LogP contribution < -0.4 is 10.1 Å². The predicted octanol–water partition coefficient (Wildman–Crippen LogP) is 3.83. The number of fused-ring (bicyclic) bond motifs is 1. The van der Waals surface area contributed by atoms with Crippen molar-refractivity contribution in [3.63, 3.8) is 0 Å².